The third kappa shape index (κ3) is 5.38. The van der Waals surface area contributed by atoms with Gasteiger partial charge in [0, 0.05) is 32.0 Å². The van der Waals surface area contributed by atoms with Crippen LogP contribution in [-0.2, 0) is 4.74 Å². The summed E-state index contributed by atoms with van der Waals surface area (Å²) in [5, 5.41) is 12.9. The number of carbonyl (C=O) groups is 1. The van der Waals surface area contributed by atoms with Crippen molar-refractivity contribution in [1.29, 1.82) is 0 Å². The highest BCUT2D eigenvalue weighted by Gasteiger charge is 2.20. The zero-order valence-electron chi connectivity index (χ0n) is 13.2. The van der Waals surface area contributed by atoms with E-state index in [1.54, 1.807) is 12.1 Å². The van der Waals surface area contributed by atoms with E-state index in [0.717, 1.165) is 5.57 Å². The van der Waals surface area contributed by atoms with Crippen LogP contribution in [0.2, 0.25) is 0 Å². The van der Waals surface area contributed by atoms with Gasteiger partial charge < -0.3 is 15.2 Å². The van der Waals surface area contributed by atoms with Crippen LogP contribution in [0.3, 0.4) is 0 Å². The summed E-state index contributed by atoms with van der Waals surface area (Å²) in [6.45, 7) is 7.75. The van der Waals surface area contributed by atoms with Crippen molar-refractivity contribution in [2.45, 2.75) is 26.1 Å². The summed E-state index contributed by atoms with van der Waals surface area (Å²) in [5.74, 6) is -0.329. The van der Waals surface area contributed by atoms with Gasteiger partial charge in [-0.3, -0.25) is 4.79 Å². The third-order valence-electron chi connectivity index (χ3n) is 3.22. The van der Waals surface area contributed by atoms with Crippen LogP contribution >= 0.6 is 0 Å². The van der Waals surface area contributed by atoms with Gasteiger partial charge in [-0.2, -0.15) is 0 Å². The summed E-state index contributed by atoms with van der Waals surface area (Å²) in [4.78, 5) is 19.6. The number of aliphatic hydroxyl groups is 1. The molecule has 0 aromatic carbocycles. The maximum atomic E-state index is 11.8. The van der Waals surface area contributed by atoms with Gasteiger partial charge in [0.2, 0.25) is 5.82 Å². The average Bonchev–Trinajstić information content (AvgIpc) is 2.54. The number of nitrogens with zero attached hydrogens (tertiary/aromatic N) is 2. The minimum Gasteiger partial charge on any atom is -0.389 e. The Morgan fingerprint density at radius 1 is 1.50 bits per heavy atom. The number of methoxy groups -OCH3 is 1. The molecule has 6 heteroatoms. The third-order valence-corrected chi connectivity index (χ3v) is 3.22. The Hall–Kier alpha value is -2.05. The highest BCUT2D eigenvalue weighted by Crippen LogP contribution is 2.14. The molecule has 1 aromatic rings. The molecule has 2 N–H and O–H groups in total. The minimum absolute atomic E-state index is 0.132. The fourth-order valence-corrected chi connectivity index (χ4v) is 2.00. The molecule has 1 heterocycles. The van der Waals surface area contributed by atoms with E-state index in [1.807, 2.05) is 19.9 Å². The second kappa shape index (κ2) is 9.07. The average molecular weight is 305 g/mol. The minimum atomic E-state index is -0.689. The largest absolute Gasteiger partial charge is 0.389 e. The number of carbonyl (C=O) groups excluding carboxylic acids is 1. The Morgan fingerprint density at radius 2 is 2.14 bits per heavy atom. The molecule has 1 aromatic heterocycles. The summed E-state index contributed by atoms with van der Waals surface area (Å²) in [6, 6.07) is 1.65. The number of hydrogen-bond acceptors (Lipinski definition) is 5. The van der Waals surface area contributed by atoms with Crippen molar-refractivity contribution in [1.82, 2.24) is 15.3 Å². The molecule has 6 nitrogen and oxygen atoms in total. The van der Waals surface area contributed by atoms with E-state index in [2.05, 4.69) is 21.9 Å². The first-order valence-electron chi connectivity index (χ1n) is 7.05. The van der Waals surface area contributed by atoms with Crippen LogP contribution in [0.4, 0.5) is 0 Å². The van der Waals surface area contributed by atoms with Crippen LogP contribution in [0.15, 0.2) is 42.8 Å². The summed E-state index contributed by atoms with van der Waals surface area (Å²) in [5.41, 5.74) is 0.926. The van der Waals surface area contributed by atoms with Crippen LogP contribution in [0.5, 0.6) is 0 Å². The van der Waals surface area contributed by atoms with Crippen molar-refractivity contribution in [3.05, 3.63) is 48.6 Å². The lowest BCUT2D eigenvalue weighted by atomic mass is 9.97. The summed E-state index contributed by atoms with van der Waals surface area (Å²) >= 11 is 0. The number of aromatic nitrogens is 2. The molecule has 3 atom stereocenters. The van der Waals surface area contributed by atoms with E-state index >= 15 is 0 Å². The summed E-state index contributed by atoms with van der Waals surface area (Å²) in [7, 11) is 1.53. The van der Waals surface area contributed by atoms with Crippen LogP contribution in [-0.4, -0.2) is 46.8 Å². The number of nitrogens with one attached hydrogen (secondary N) is 1. The Labute approximate surface area is 130 Å². The zero-order valence-corrected chi connectivity index (χ0v) is 13.2. The van der Waals surface area contributed by atoms with Gasteiger partial charge in [-0.05, 0) is 13.0 Å². The first-order chi connectivity index (χ1) is 10.5. The molecule has 1 rings (SSSR count). The number of ether oxygens (including phenoxy) is 1. The molecule has 1 amide bonds. The zero-order chi connectivity index (χ0) is 16.5. The van der Waals surface area contributed by atoms with Crippen molar-refractivity contribution in [2.24, 2.45) is 5.92 Å². The Bertz CT molecular complexity index is 517. The summed E-state index contributed by atoms with van der Waals surface area (Å²) < 4.78 is 5.14. The van der Waals surface area contributed by atoms with Gasteiger partial charge >= 0.3 is 0 Å². The lowest BCUT2D eigenvalue weighted by molar-refractivity contribution is -0.00153. The molecular weight excluding hydrogens is 282 g/mol. The smallest absolute Gasteiger partial charge is 0.289 e. The maximum Gasteiger partial charge on any atom is 0.289 e. The lowest BCUT2D eigenvalue weighted by Gasteiger charge is -2.22. The maximum absolute atomic E-state index is 11.8. The highest BCUT2D eigenvalue weighted by molar-refractivity contribution is 5.90. The van der Waals surface area contributed by atoms with Crippen molar-refractivity contribution < 1.29 is 14.6 Å². The molecule has 0 saturated heterocycles. The SMILES string of the molecule is C=C[C@H](OC)[C@@H](O)[C@H](C)C=C(C)CNC(=O)c1ncccn1. The van der Waals surface area contributed by atoms with Gasteiger partial charge in [0.1, 0.15) is 6.10 Å². The molecule has 0 aliphatic carbocycles. The first-order valence-corrected chi connectivity index (χ1v) is 7.05. The Kier molecular flexibility index (Phi) is 7.42. The van der Waals surface area contributed by atoms with E-state index in [-0.39, 0.29) is 17.6 Å². The van der Waals surface area contributed by atoms with Crippen LogP contribution in [0.25, 0.3) is 0 Å². The van der Waals surface area contributed by atoms with Gasteiger partial charge in [0.15, 0.2) is 0 Å². The van der Waals surface area contributed by atoms with Crippen molar-refractivity contribution >= 4 is 5.91 Å². The second-order valence-corrected chi connectivity index (χ2v) is 5.05. The van der Waals surface area contributed by atoms with Crippen molar-refractivity contribution in [2.75, 3.05) is 13.7 Å². The standard InChI is InChI=1S/C16H23N3O3/c1-5-13(22-4)14(20)12(3)9-11(2)10-19-16(21)15-17-7-6-8-18-15/h5-9,12-14,20H,1,10H2,2-4H3,(H,19,21)/t12-,13+,14+/m1/s1. The first kappa shape index (κ1) is 18.0. The number of aliphatic hydroxyl groups excluding tert-OH is 1. The molecule has 0 bridgehead atoms. The van der Waals surface area contributed by atoms with E-state index in [9.17, 15) is 9.90 Å². The number of amides is 1. The van der Waals surface area contributed by atoms with E-state index in [0.29, 0.717) is 6.54 Å². The normalized spacial score (nSPS) is 15.7. The molecule has 22 heavy (non-hydrogen) atoms. The van der Waals surface area contributed by atoms with E-state index in [4.69, 9.17) is 4.74 Å². The Morgan fingerprint density at radius 3 is 2.68 bits per heavy atom. The van der Waals surface area contributed by atoms with Gasteiger partial charge in [-0.25, -0.2) is 9.97 Å². The van der Waals surface area contributed by atoms with Crippen LogP contribution in [0.1, 0.15) is 24.5 Å². The fraction of sp³-hybridized carbons (Fsp3) is 0.438. The number of hydrogen-bond donors (Lipinski definition) is 2. The topological polar surface area (TPSA) is 84.3 Å². The molecule has 0 radical (unpaired) electrons. The van der Waals surface area contributed by atoms with E-state index in [1.165, 1.54) is 19.5 Å². The van der Waals surface area contributed by atoms with Gasteiger partial charge in [-0.1, -0.05) is 24.6 Å². The Balaban J connectivity index is 2.55. The van der Waals surface area contributed by atoms with Crippen molar-refractivity contribution in [3.8, 4) is 0 Å². The molecule has 0 unspecified atom stereocenters. The molecule has 0 saturated carbocycles. The van der Waals surface area contributed by atoms with Crippen LogP contribution in [0, 0.1) is 5.92 Å². The van der Waals surface area contributed by atoms with Crippen molar-refractivity contribution in [3.63, 3.8) is 0 Å². The van der Waals surface area contributed by atoms with Gasteiger partial charge in [-0.15, -0.1) is 6.58 Å². The van der Waals surface area contributed by atoms with Gasteiger partial charge in [0.05, 0.1) is 6.10 Å². The lowest BCUT2D eigenvalue weighted by Crippen LogP contribution is -2.32. The van der Waals surface area contributed by atoms with Crippen LogP contribution < -0.4 is 5.32 Å². The molecule has 0 fully saturated rings. The molecular formula is C16H23N3O3. The second-order valence-electron chi connectivity index (χ2n) is 5.05. The van der Waals surface area contributed by atoms with E-state index < -0.39 is 12.2 Å². The fourth-order valence-electron chi connectivity index (χ4n) is 2.00. The predicted octanol–water partition coefficient (Wildman–Crippen LogP) is 1.35. The molecule has 120 valence electrons. The summed E-state index contributed by atoms with van der Waals surface area (Å²) in [6.07, 6.45) is 5.38. The highest BCUT2D eigenvalue weighted by atomic mass is 16.5. The molecule has 0 spiro atoms. The monoisotopic (exact) mass is 305 g/mol. The quantitative estimate of drug-likeness (QED) is 0.708. The molecule has 0 aliphatic heterocycles. The van der Waals surface area contributed by atoms with Gasteiger partial charge in [0.25, 0.3) is 5.91 Å². The predicted molar refractivity (Wildman–Crippen MR) is 84.3 cm³/mol. The molecule has 0 aliphatic rings. The number of rotatable bonds is 8.